The summed E-state index contributed by atoms with van der Waals surface area (Å²) >= 11 is 0. The van der Waals surface area contributed by atoms with Crippen LogP contribution in [-0.4, -0.2) is 35.6 Å². The molecule has 0 radical (unpaired) electrons. The van der Waals surface area contributed by atoms with Gasteiger partial charge in [-0.3, -0.25) is 4.79 Å². The molecule has 162 valence electrons. The first-order valence-corrected chi connectivity index (χ1v) is 11.1. The molecule has 0 spiro atoms. The number of nitrogens with zero attached hydrogens (tertiary/aromatic N) is 3. The SMILES string of the molecule is CCCOc1nc2ccccc2nc1N1CCCC(C(=O)NCc2ccccc2C)C1. The number of para-hydroxylation sites is 2. The van der Waals surface area contributed by atoms with Crippen LogP contribution in [0.1, 0.15) is 37.3 Å². The lowest BCUT2D eigenvalue weighted by Gasteiger charge is -2.33. The molecule has 1 unspecified atom stereocenters. The van der Waals surface area contributed by atoms with Gasteiger partial charge in [0, 0.05) is 19.6 Å². The number of amides is 1. The molecule has 0 bridgehead atoms. The fourth-order valence-corrected chi connectivity index (χ4v) is 3.99. The van der Waals surface area contributed by atoms with E-state index in [4.69, 9.17) is 14.7 Å². The van der Waals surface area contributed by atoms with E-state index in [1.165, 1.54) is 5.56 Å². The van der Waals surface area contributed by atoms with Gasteiger partial charge in [-0.2, -0.15) is 0 Å². The lowest BCUT2D eigenvalue weighted by atomic mass is 9.97. The Morgan fingerprint density at radius 2 is 1.87 bits per heavy atom. The van der Waals surface area contributed by atoms with Gasteiger partial charge in [-0.05, 0) is 49.4 Å². The number of aryl methyl sites for hydroxylation is 1. The Morgan fingerprint density at radius 3 is 2.65 bits per heavy atom. The number of benzene rings is 2. The molecule has 31 heavy (non-hydrogen) atoms. The Bertz CT molecular complexity index is 1050. The molecule has 0 saturated carbocycles. The highest BCUT2D eigenvalue weighted by Crippen LogP contribution is 2.31. The molecule has 1 atom stereocenters. The molecule has 6 heteroatoms. The summed E-state index contributed by atoms with van der Waals surface area (Å²) < 4.78 is 5.95. The molecule has 1 saturated heterocycles. The maximum atomic E-state index is 12.9. The van der Waals surface area contributed by atoms with Crippen molar-refractivity contribution in [3.8, 4) is 5.88 Å². The van der Waals surface area contributed by atoms with E-state index in [9.17, 15) is 4.79 Å². The van der Waals surface area contributed by atoms with Crippen LogP contribution in [-0.2, 0) is 11.3 Å². The second-order valence-electron chi connectivity index (χ2n) is 8.12. The average Bonchev–Trinajstić information content (AvgIpc) is 2.81. The highest BCUT2D eigenvalue weighted by Gasteiger charge is 2.29. The number of piperidine rings is 1. The predicted octanol–water partition coefficient (Wildman–Crippen LogP) is 4.26. The standard InChI is InChI=1S/C25H30N4O2/c1-3-15-31-25-23(27-21-12-6-7-13-22(21)28-25)29-14-8-11-20(17-29)24(30)26-16-19-10-5-4-9-18(19)2/h4-7,9-10,12-13,20H,3,8,11,14-17H2,1-2H3,(H,26,30). The monoisotopic (exact) mass is 418 g/mol. The van der Waals surface area contributed by atoms with Gasteiger partial charge >= 0.3 is 0 Å². The Morgan fingerprint density at radius 1 is 1.13 bits per heavy atom. The Balaban J connectivity index is 1.50. The van der Waals surface area contributed by atoms with Crippen LogP contribution in [0.15, 0.2) is 48.5 Å². The third-order valence-corrected chi connectivity index (χ3v) is 5.77. The summed E-state index contributed by atoms with van der Waals surface area (Å²) in [4.78, 5) is 24.7. The van der Waals surface area contributed by atoms with Crippen molar-refractivity contribution >= 4 is 22.8 Å². The number of hydrogen-bond acceptors (Lipinski definition) is 5. The van der Waals surface area contributed by atoms with Crippen LogP contribution in [0.25, 0.3) is 11.0 Å². The first-order valence-electron chi connectivity index (χ1n) is 11.1. The van der Waals surface area contributed by atoms with Gasteiger partial charge < -0.3 is 15.0 Å². The summed E-state index contributed by atoms with van der Waals surface area (Å²) in [6.45, 7) is 6.76. The molecule has 1 aromatic heterocycles. The third-order valence-electron chi connectivity index (χ3n) is 5.77. The van der Waals surface area contributed by atoms with Crippen molar-refractivity contribution in [1.29, 1.82) is 0 Å². The molecular formula is C25H30N4O2. The van der Waals surface area contributed by atoms with Gasteiger partial charge in [0.1, 0.15) is 0 Å². The van der Waals surface area contributed by atoms with E-state index in [0.717, 1.165) is 48.2 Å². The second kappa shape index (κ2) is 9.77. The number of aromatic nitrogens is 2. The molecule has 6 nitrogen and oxygen atoms in total. The molecule has 1 aliphatic heterocycles. The van der Waals surface area contributed by atoms with Crippen molar-refractivity contribution in [2.75, 3.05) is 24.6 Å². The maximum absolute atomic E-state index is 12.9. The Hall–Kier alpha value is -3.15. The number of fused-ring (bicyclic) bond motifs is 1. The minimum absolute atomic E-state index is 0.0786. The number of ether oxygens (including phenoxy) is 1. The zero-order valence-corrected chi connectivity index (χ0v) is 18.3. The van der Waals surface area contributed by atoms with Crippen molar-refractivity contribution in [2.24, 2.45) is 5.92 Å². The fourth-order valence-electron chi connectivity index (χ4n) is 3.99. The first-order chi connectivity index (χ1) is 15.2. The first kappa shape index (κ1) is 21.1. The van der Waals surface area contributed by atoms with Crippen molar-refractivity contribution < 1.29 is 9.53 Å². The zero-order chi connectivity index (χ0) is 21.6. The highest BCUT2D eigenvalue weighted by molar-refractivity contribution is 5.80. The third kappa shape index (κ3) is 4.95. The van der Waals surface area contributed by atoms with E-state index in [1.54, 1.807) is 0 Å². The van der Waals surface area contributed by atoms with Gasteiger partial charge in [-0.25, -0.2) is 9.97 Å². The second-order valence-corrected chi connectivity index (χ2v) is 8.12. The van der Waals surface area contributed by atoms with Crippen LogP contribution in [0.5, 0.6) is 5.88 Å². The molecule has 0 aliphatic carbocycles. The largest absolute Gasteiger partial charge is 0.475 e. The quantitative estimate of drug-likeness (QED) is 0.621. The molecule has 3 aromatic rings. The average molecular weight is 419 g/mol. The summed E-state index contributed by atoms with van der Waals surface area (Å²) in [7, 11) is 0. The molecule has 2 aromatic carbocycles. The highest BCUT2D eigenvalue weighted by atomic mass is 16.5. The fraction of sp³-hybridized carbons (Fsp3) is 0.400. The smallest absolute Gasteiger partial charge is 0.258 e. The van der Waals surface area contributed by atoms with Crippen LogP contribution in [0.2, 0.25) is 0 Å². The number of carbonyl (C=O) groups is 1. The van der Waals surface area contributed by atoms with Crippen LogP contribution in [0.3, 0.4) is 0 Å². The lowest BCUT2D eigenvalue weighted by molar-refractivity contribution is -0.125. The summed E-state index contributed by atoms with van der Waals surface area (Å²) in [6, 6.07) is 16.0. The van der Waals surface area contributed by atoms with Gasteiger partial charge in [0.2, 0.25) is 5.91 Å². The van der Waals surface area contributed by atoms with Gasteiger partial charge in [-0.15, -0.1) is 0 Å². The van der Waals surface area contributed by atoms with E-state index in [1.807, 2.05) is 36.4 Å². The Kier molecular flexibility index (Phi) is 6.65. The minimum atomic E-state index is -0.0786. The summed E-state index contributed by atoms with van der Waals surface area (Å²) in [6.07, 6.45) is 2.71. The van der Waals surface area contributed by atoms with Gasteiger partial charge in [0.15, 0.2) is 5.82 Å². The molecule has 2 heterocycles. The summed E-state index contributed by atoms with van der Waals surface area (Å²) in [5.74, 6) is 1.31. The number of nitrogens with one attached hydrogen (secondary N) is 1. The number of rotatable bonds is 7. The minimum Gasteiger partial charge on any atom is -0.475 e. The van der Waals surface area contributed by atoms with Crippen molar-refractivity contribution in [3.63, 3.8) is 0 Å². The van der Waals surface area contributed by atoms with Crippen LogP contribution in [0.4, 0.5) is 5.82 Å². The van der Waals surface area contributed by atoms with Crippen molar-refractivity contribution in [1.82, 2.24) is 15.3 Å². The molecule has 1 fully saturated rings. The zero-order valence-electron chi connectivity index (χ0n) is 18.3. The number of hydrogen-bond donors (Lipinski definition) is 1. The molecule has 1 amide bonds. The number of carbonyl (C=O) groups excluding carboxylic acids is 1. The van der Waals surface area contributed by atoms with E-state index in [2.05, 4.69) is 36.2 Å². The van der Waals surface area contributed by atoms with Crippen LogP contribution >= 0.6 is 0 Å². The maximum Gasteiger partial charge on any atom is 0.258 e. The molecule has 1 aliphatic rings. The normalized spacial score (nSPS) is 16.3. The van der Waals surface area contributed by atoms with E-state index in [-0.39, 0.29) is 11.8 Å². The van der Waals surface area contributed by atoms with E-state index >= 15 is 0 Å². The van der Waals surface area contributed by atoms with Gasteiger partial charge in [0.05, 0.1) is 23.6 Å². The van der Waals surface area contributed by atoms with E-state index in [0.29, 0.717) is 25.6 Å². The van der Waals surface area contributed by atoms with Crippen LogP contribution in [0, 0.1) is 12.8 Å². The molecule has 1 N–H and O–H groups in total. The Labute approximate surface area is 183 Å². The summed E-state index contributed by atoms with van der Waals surface area (Å²) in [5.41, 5.74) is 4.01. The summed E-state index contributed by atoms with van der Waals surface area (Å²) in [5, 5.41) is 3.13. The van der Waals surface area contributed by atoms with Gasteiger partial charge in [-0.1, -0.05) is 43.3 Å². The van der Waals surface area contributed by atoms with Crippen molar-refractivity contribution in [2.45, 2.75) is 39.7 Å². The topological polar surface area (TPSA) is 67.4 Å². The van der Waals surface area contributed by atoms with Crippen LogP contribution < -0.4 is 15.0 Å². The lowest BCUT2D eigenvalue weighted by Crippen LogP contribution is -2.43. The molecule has 4 rings (SSSR count). The number of anilines is 1. The van der Waals surface area contributed by atoms with E-state index < -0.39 is 0 Å². The predicted molar refractivity (Wildman–Crippen MR) is 123 cm³/mol. The van der Waals surface area contributed by atoms with Crippen molar-refractivity contribution in [3.05, 3.63) is 59.7 Å². The van der Waals surface area contributed by atoms with Gasteiger partial charge in [0.25, 0.3) is 5.88 Å². The molecular weight excluding hydrogens is 388 g/mol.